The lowest BCUT2D eigenvalue weighted by atomic mass is 10.1. The molecule has 0 atom stereocenters. The summed E-state index contributed by atoms with van der Waals surface area (Å²) in [7, 11) is 0. The van der Waals surface area contributed by atoms with E-state index in [0.717, 1.165) is 39.0 Å². The summed E-state index contributed by atoms with van der Waals surface area (Å²) in [5.41, 5.74) is 6.20. The molecule has 3 aromatic heterocycles. The van der Waals surface area contributed by atoms with Crippen molar-refractivity contribution < 1.29 is 4.42 Å². The fraction of sp³-hybridized carbons (Fsp3) is 0. The van der Waals surface area contributed by atoms with Crippen LogP contribution in [0, 0.1) is 0 Å². The van der Waals surface area contributed by atoms with Crippen LogP contribution in [-0.4, -0.2) is 19.6 Å². The normalized spacial score (nSPS) is 11.7. The van der Waals surface area contributed by atoms with Crippen LogP contribution in [-0.2, 0) is 0 Å². The molecule has 6 heteroatoms. The van der Waals surface area contributed by atoms with E-state index in [1.165, 1.54) is 0 Å². The van der Waals surface area contributed by atoms with E-state index in [-0.39, 0.29) is 0 Å². The van der Waals surface area contributed by atoms with Gasteiger partial charge in [0.25, 0.3) is 0 Å². The third-order valence-corrected chi connectivity index (χ3v) is 5.73. The predicted octanol–water partition coefficient (Wildman–Crippen LogP) is 7.03. The van der Waals surface area contributed by atoms with Crippen LogP contribution in [0.3, 0.4) is 0 Å². The second-order valence-corrected chi connectivity index (χ2v) is 8.02. The van der Waals surface area contributed by atoms with E-state index in [2.05, 4.69) is 15.1 Å². The number of benzene rings is 3. The molecular weight excluding hydrogens is 432 g/mol. The Morgan fingerprint density at radius 1 is 0.788 bits per heavy atom. The molecule has 158 valence electrons. The van der Waals surface area contributed by atoms with Crippen LogP contribution >= 0.6 is 11.6 Å². The number of hydrogen-bond acceptors (Lipinski definition) is 4. The minimum atomic E-state index is 0.560. The lowest BCUT2D eigenvalue weighted by Gasteiger charge is -2.02. The number of rotatable bonds is 4. The van der Waals surface area contributed by atoms with Gasteiger partial charge in [0.2, 0.25) is 5.89 Å². The highest BCUT2D eigenvalue weighted by molar-refractivity contribution is 6.32. The summed E-state index contributed by atoms with van der Waals surface area (Å²) < 4.78 is 7.62. The van der Waals surface area contributed by atoms with Crippen LogP contribution in [0.1, 0.15) is 11.1 Å². The molecule has 6 aromatic rings. The minimum Gasteiger partial charge on any atom is -0.436 e. The molecule has 0 bridgehead atoms. The van der Waals surface area contributed by atoms with Crippen LogP contribution in [0.2, 0.25) is 5.02 Å². The number of pyridine rings is 1. The van der Waals surface area contributed by atoms with Gasteiger partial charge in [-0.05, 0) is 47.5 Å². The van der Waals surface area contributed by atoms with Crippen LogP contribution in [0.4, 0.5) is 0 Å². The summed E-state index contributed by atoms with van der Waals surface area (Å²) in [4.78, 5) is 9.11. The van der Waals surface area contributed by atoms with Crippen molar-refractivity contribution in [3.05, 3.63) is 107 Å². The van der Waals surface area contributed by atoms with Crippen LogP contribution < -0.4 is 0 Å². The van der Waals surface area contributed by atoms with Crippen LogP contribution in [0.5, 0.6) is 0 Å². The van der Waals surface area contributed by atoms with E-state index in [9.17, 15) is 0 Å². The van der Waals surface area contributed by atoms with Crippen molar-refractivity contribution in [3.63, 3.8) is 0 Å². The van der Waals surface area contributed by atoms with Gasteiger partial charge in [-0.25, -0.2) is 14.5 Å². The smallest absolute Gasteiger partial charge is 0.227 e. The number of hydrogen-bond donors (Lipinski definition) is 0. The van der Waals surface area contributed by atoms with E-state index in [1.54, 1.807) is 4.52 Å². The maximum atomic E-state index is 6.55. The van der Waals surface area contributed by atoms with Gasteiger partial charge >= 0.3 is 0 Å². The molecule has 0 saturated heterocycles. The minimum absolute atomic E-state index is 0.560. The standard InChI is InChI=1S/C27H17ClN4O/c28-22-17-21(27-29-23-5-1-2-6-24(23)33-27)15-14-19(22)11-8-18-9-12-20(13-10-18)26-30-25-7-3-4-16-32(25)31-26/h1-17H. The molecule has 0 aliphatic carbocycles. The van der Waals surface area contributed by atoms with Gasteiger partial charge in [0.1, 0.15) is 5.52 Å². The Morgan fingerprint density at radius 3 is 2.42 bits per heavy atom. The van der Waals surface area contributed by atoms with Gasteiger partial charge in [-0.1, -0.05) is 72.3 Å². The van der Waals surface area contributed by atoms with Crippen molar-refractivity contribution in [1.82, 2.24) is 19.6 Å². The first-order chi connectivity index (χ1) is 16.2. The summed E-state index contributed by atoms with van der Waals surface area (Å²) in [5.74, 6) is 1.26. The van der Waals surface area contributed by atoms with E-state index >= 15 is 0 Å². The number of fused-ring (bicyclic) bond motifs is 2. The van der Waals surface area contributed by atoms with Gasteiger partial charge in [0.05, 0.1) is 0 Å². The third kappa shape index (κ3) is 3.79. The molecule has 0 unspecified atom stereocenters. The zero-order valence-electron chi connectivity index (χ0n) is 17.4. The number of aromatic nitrogens is 4. The molecule has 5 nitrogen and oxygen atoms in total. The first-order valence-corrected chi connectivity index (χ1v) is 10.9. The van der Waals surface area contributed by atoms with Gasteiger partial charge in [-0.15, -0.1) is 5.10 Å². The molecule has 3 heterocycles. The van der Waals surface area contributed by atoms with Crippen molar-refractivity contribution in [2.75, 3.05) is 0 Å². The zero-order valence-corrected chi connectivity index (χ0v) is 18.1. The van der Waals surface area contributed by atoms with Crippen molar-refractivity contribution in [3.8, 4) is 22.8 Å². The second-order valence-electron chi connectivity index (χ2n) is 7.62. The predicted molar refractivity (Wildman–Crippen MR) is 132 cm³/mol. The van der Waals surface area contributed by atoms with Gasteiger partial charge in [0, 0.05) is 22.3 Å². The summed E-state index contributed by atoms with van der Waals surface area (Å²) in [6, 6.07) is 27.5. The Labute approximate surface area is 194 Å². The van der Waals surface area contributed by atoms with Gasteiger partial charge < -0.3 is 4.42 Å². The molecule has 0 saturated carbocycles. The molecular formula is C27H17ClN4O. The summed E-state index contributed by atoms with van der Waals surface area (Å²) in [6.07, 6.45) is 5.92. The first-order valence-electron chi connectivity index (χ1n) is 10.5. The second kappa shape index (κ2) is 8.04. The van der Waals surface area contributed by atoms with Gasteiger partial charge in [-0.3, -0.25) is 0 Å². The quantitative estimate of drug-likeness (QED) is 0.272. The van der Waals surface area contributed by atoms with E-state index < -0.39 is 0 Å². The molecule has 0 fully saturated rings. The molecule has 0 aliphatic rings. The summed E-state index contributed by atoms with van der Waals surface area (Å²) in [6.45, 7) is 0. The van der Waals surface area contributed by atoms with Crippen LogP contribution in [0.15, 0.2) is 95.5 Å². The zero-order chi connectivity index (χ0) is 22.2. The maximum absolute atomic E-state index is 6.55. The Balaban J connectivity index is 1.22. The number of para-hydroxylation sites is 2. The fourth-order valence-corrected chi connectivity index (χ4v) is 3.92. The molecule has 0 amide bonds. The highest BCUT2D eigenvalue weighted by Crippen LogP contribution is 2.29. The summed E-state index contributed by atoms with van der Waals surface area (Å²) >= 11 is 6.55. The van der Waals surface area contributed by atoms with Crippen LogP contribution in [0.25, 0.3) is 51.7 Å². The number of oxazole rings is 1. The Bertz CT molecular complexity index is 1560. The average Bonchev–Trinajstić information content (AvgIpc) is 3.48. The molecule has 0 N–H and O–H groups in total. The monoisotopic (exact) mass is 448 g/mol. The lowest BCUT2D eigenvalue weighted by molar-refractivity contribution is 0.620. The van der Waals surface area contributed by atoms with Crippen molar-refractivity contribution >= 4 is 40.5 Å². The van der Waals surface area contributed by atoms with E-state index in [1.807, 2.05) is 103 Å². The molecule has 0 aliphatic heterocycles. The van der Waals surface area contributed by atoms with Crippen molar-refractivity contribution in [2.24, 2.45) is 0 Å². The fourth-order valence-electron chi connectivity index (χ4n) is 3.67. The largest absolute Gasteiger partial charge is 0.436 e. The molecule has 6 rings (SSSR count). The maximum Gasteiger partial charge on any atom is 0.227 e. The van der Waals surface area contributed by atoms with Gasteiger partial charge in [-0.2, -0.15) is 0 Å². The highest BCUT2D eigenvalue weighted by atomic mass is 35.5. The summed E-state index contributed by atoms with van der Waals surface area (Å²) in [5, 5.41) is 5.16. The SMILES string of the molecule is Clc1cc(-c2nc3ccccc3o2)ccc1C=Cc1ccc(-c2nc3ccccn3n2)cc1. The number of halogens is 1. The molecule has 0 radical (unpaired) electrons. The Hall–Kier alpha value is -4.22. The van der Waals surface area contributed by atoms with Gasteiger partial charge in [0.15, 0.2) is 17.1 Å². The van der Waals surface area contributed by atoms with Crippen molar-refractivity contribution in [1.29, 1.82) is 0 Å². The van der Waals surface area contributed by atoms with E-state index in [0.29, 0.717) is 16.7 Å². The Morgan fingerprint density at radius 2 is 1.61 bits per heavy atom. The molecule has 33 heavy (non-hydrogen) atoms. The molecule has 0 spiro atoms. The third-order valence-electron chi connectivity index (χ3n) is 5.41. The van der Waals surface area contributed by atoms with Crippen molar-refractivity contribution in [2.45, 2.75) is 0 Å². The topological polar surface area (TPSA) is 56.2 Å². The average molecular weight is 449 g/mol. The Kier molecular flexibility index (Phi) is 4.74. The lowest BCUT2D eigenvalue weighted by Crippen LogP contribution is -1.85. The number of nitrogens with zero attached hydrogens (tertiary/aromatic N) is 4. The van der Waals surface area contributed by atoms with E-state index in [4.69, 9.17) is 16.0 Å². The first kappa shape index (κ1) is 19.5. The molecule has 3 aromatic carbocycles. The highest BCUT2D eigenvalue weighted by Gasteiger charge is 2.10.